The molecule has 3 heterocycles. The zero-order valence-electron chi connectivity index (χ0n) is 11.8. The summed E-state index contributed by atoms with van der Waals surface area (Å²) < 4.78 is 5.94. The van der Waals surface area contributed by atoms with E-state index in [9.17, 15) is 15.0 Å². The van der Waals surface area contributed by atoms with Gasteiger partial charge in [0.25, 0.3) is 0 Å². The van der Waals surface area contributed by atoms with Gasteiger partial charge in [-0.25, -0.2) is 4.79 Å². The Balaban J connectivity index is 1.63. The fraction of sp³-hybridized carbons (Fsp3) is 0.438. The molecule has 2 saturated heterocycles. The SMILES string of the molecule is O=C(O)c1cc(N2CC3C4C=CC(CO)(O4)C3C2)ccc1Cl. The first-order valence-corrected chi connectivity index (χ1v) is 7.68. The van der Waals surface area contributed by atoms with Gasteiger partial charge in [-0.1, -0.05) is 23.8 Å². The Bertz CT molecular complexity index is 676. The number of rotatable bonds is 3. The van der Waals surface area contributed by atoms with E-state index in [0.29, 0.717) is 5.92 Å². The molecule has 4 atom stereocenters. The molecule has 2 N–H and O–H groups in total. The number of halogens is 1. The van der Waals surface area contributed by atoms with E-state index < -0.39 is 11.6 Å². The van der Waals surface area contributed by atoms with Crippen LogP contribution in [-0.4, -0.2) is 47.6 Å². The Hall–Kier alpha value is -1.56. The Morgan fingerprint density at radius 2 is 2.27 bits per heavy atom. The summed E-state index contributed by atoms with van der Waals surface area (Å²) in [5.74, 6) is -0.458. The lowest BCUT2D eigenvalue weighted by Gasteiger charge is -2.28. The number of hydrogen-bond acceptors (Lipinski definition) is 4. The number of aromatic carboxylic acids is 1. The van der Waals surface area contributed by atoms with E-state index in [1.807, 2.05) is 18.2 Å². The quantitative estimate of drug-likeness (QED) is 0.831. The van der Waals surface area contributed by atoms with Crippen LogP contribution in [-0.2, 0) is 4.74 Å². The van der Waals surface area contributed by atoms with Crippen molar-refractivity contribution in [3.63, 3.8) is 0 Å². The van der Waals surface area contributed by atoms with Gasteiger partial charge in [-0.05, 0) is 18.2 Å². The second-order valence-corrected chi connectivity index (χ2v) is 6.61. The van der Waals surface area contributed by atoms with E-state index in [0.717, 1.165) is 18.8 Å². The third kappa shape index (κ3) is 1.82. The maximum Gasteiger partial charge on any atom is 0.337 e. The van der Waals surface area contributed by atoms with Gasteiger partial charge in [-0.3, -0.25) is 0 Å². The number of fused-ring (bicyclic) bond motifs is 5. The second kappa shape index (κ2) is 4.72. The van der Waals surface area contributed by atoms with Gasteiger partial charge in [0, 0.05) is 30.6 Å². The van der Waals surface area contributed by atoms with Crippen LogP contribution in [0.3, 0.4) is 0 Å². The minimum absolute atomic E-state index is 0.0179. The van der Waals surface area contributed by atoms with Gasteiger partial charge in [0.2, 0.25) is 0 Å². The predicted octanol–water partition coefficient (Wildman–Crippen LogP) is 1.79. The van der Waals surface area contributed by atoms with Gasteiger partial charge >= 0.3 is 5.97 Å². The molecule has 0 aromatic heterocycles. The van der Waals surface area contributed by atoms with Crippen molar-refractivity contribution in [1.29, 1.82) is 0 Å². The standard InChI is InChI=1S/C16H16ClNO4/c17-13-2-1-9(5-10(13)15(20)21)18-6-11-12(7-18)16(8-19)4-3-14(11)22-16/h1-5,11-12,14,19H,6-8H2,(H,20,21). The zero-order valence-corrected chi connectivity index (χ0v) is 12.5. The summed E-state index contributed by atoms with van der Waals surface area (Å²) in [6, 6.07) is 5.09. The number of aliphatic hydroxyl groups excluding tert-OH is 1. The Morgan fingerprint density at radius 3 is 3.00 bits per heavy atom. The number of hydrogen-bond donors (Lipinski definition) is 2. The monoisotopic (exact) mass is 321 g/mol. The smallest absolute Gasteiger partial charge is 0.337 e. The van der Waals surface area contributed by atoms with Crippen molar-refractivity contribution in [2.24, 2.45) is 11.8 Å². The first-order chi connectivity index (χ1) is 10.5. The summed E-state index contributed by atoms with van der Waals surface area (Å²) in [6.45, 7) is 1.52. The number of carbonyl (C=O) groups is 1. The third-order valence-electron chi connectivity index (χ3n) is 5.13. The van der Waals surface area contributed by atoms with Crippen LogP contribution in [0.1, 0.15) is 10.4 Å². The molecule has 0 saturated carbocycles. The second-order valence-electron chi connectivity index (χ2n) is 6.20. The highest BCUT2D eigenvalue weighted by Gasteiger charge is 2.59. The molecule has 0 spiro atoms. The molecule has 0 radical (unpaired) electrons. The predicted molar refractivity (Wildman–Crippen MR) is 81.4 cm³/mol. The summed E-state index contributed by atoms with van der Waals surface area (Å²) in [6.07, 6.45) is 4.06. The molecule has 3 aliphatic rings. The third-order valence-corrected chi connectivity index (χ3v) is 5.46. The lowest BCUT2D eigenvalue weighted by molar-refractivity contribution is -0.0281. The lowest BCUT2D eigenvalue weighted by atomic mass is 9.78. The lowest BCUT2D eigenvalue weighted by Crippen LogP contribution is -2.40. The van der Waals surface area contributed by atoms with E-state index in [4.69, 9.17) is 16.3 Å². The maximum absolute atomic E-state index is 11.2. The molecule has 4 unspecified atom stereocenters. The van der Waals surface area contributed by atoms with Crippen molar-refractivity contribution in [2.45, 2.75) is 11.7 Å². The fourth-order valence-electron chi connectivity index (χ4n) is 4.00. The van der Waals surface area contributed by atoms with Crippen molar-refractivity contribution in [1.82, 2.24) is 0 Å². The molecule has 1 aromatic carbocycles. The number of ether oxygens (including phenoxy) is 1. The van der Waals surface area contributed by atoms with Gasteiger partial charge in [0.1, 0.15) is 5.60 Å². The Kier molecular flexibility index (Phi) is 3.01. The topological polar surface area (TPSA) is 70.0 Å². The van der Waals surface area contributed by atoms with Crippen LogP contribution in [0.15, 0.2) is 30.4 Å². The average molecular weight is 322 g/mol. The highest BCUT2D eigenvalue weighted by Crippen LogP contribution is 2.51. The highest BCUT2D eigenvalue weighted by atomic mass is 35.5. The molecule has 2 bridgehead atoms. The first kappa shape index (κ1) is 14.1. The van der Waals surface area contributed by atoms with E-state index in [2.05, 4.69) is 4.90 Å². The number of anilines is 1. The van der Waals surface area contributed by atoms with Crippen LogP contribution in [0.2, 0.25) is 5.02 Å². The molecule has 6 heteroatoms. The van der Waals surface area contributed by atoms with Crippen LogP contribution in [0, 0.1) is 11.8 Å². The van der Waals surface area contributed by atoms with Crippen LogP contribution in [0.25, 0.3) is 0 Å². The summed E-state index contributed by atoms with van der Waals surface area (Å²) in [7, 11) is 0. The Labute approximate surface area is 132 Å². The van der Waals surface area contributed by atoms with Crippen molar-refractivity contribution in [2.75, 3.05) is 24.6 Å². The van der Waals surface area contributed by atoms with E-state index >= 15 is 0 Å². The van der Waals surface area contributed by atoms with Crippen molar-refractivity contribution in [3.05, 3.63) is 40.9 Å². The minimum atomic E-state index is -1.02. The first-order valence-electron chi connectivity index (χ1n) is 7.30. The van der Waals surface area contributed by atoms with Crippen molar-refractivity contribution < 1.29 is 19.7 Å². The van der Waals surface area contributed by atoms with E-state index in [1.54, 1.807) is 12.1 Å². The van der Waals surface area contributed by atoms with Crippen LogP contribution >= 0.6 is 11.6 Å². The number of benzene rings is 1. The highest BCUT2D eigenvalue weighted by molar-refractivity contribution is 6.33. The summed E-state index contributed by atoms with van der Waals surface area (Å²) in [5.41, 5.74) is 0.403. The van der Waals surface area contributed by atoms with Crippen LogP contribution in [0.4, 0.5) is 5.69 Å². The van der Waals surface area contributed by atoms with Gasteiger partial charge in [0.05, 0.1) is 23.3 Å². The molecular formula is C16H16ClNO4. The largest absolute Gasteiger partial charge is 0.478 e. The molecule has 22 heavy (non-hydrogen) atoms. The summed E-state index contributed by atoms with van der Waals surface area (Å²) in [4.78, 5) is 13.4. The number of carboxylic acid groups (broad SMARTS) is 1. The number of nitrogens with zero attached hydrogens (tertiary/aromatic N) is 1. The molecule has 0 aliphatic carbocycles. The number of aliphatic hydroxyl groups is 1. The van der Waals surface area contributed by atoms with Crippen molar-refractivity contribution in [3.8, 4) is 0 Å². The van der Waals surface area contributed by atoms with Crippen molar-refractivity contribution >= 4 is 23.3 Å². The van der Waals surface area contributed by atoms with Crippen LogP contribution in [0.5, 0.6) is 0 Å². The molecule has 4 rings (SSSR count). The molecular weight excluding hydrogens is 306 g/mol. The molecule has 116 valence electrons. The van der Waals surface area contributed by atoms with Gasteiger partial charge < -0.3 is 19.8 Å². The maximum atomic E-state index is 11.2. The molecule has 3 aliphatic heterocycles. The average Bonchev–Trinajstić information content (AvgIpc) is 3.18. The summed E-state index contributed by atoms with van der Waals surface area (Å²) >= 11 is 5.93. The van der Waals surface area contributed by atoms with Gasteiger partial charge in [-0.15, -0.1) is 0 Å². The minimum Gasteiger partial charge on any atom is -0.478 e. The molecule has 0 amide bonds. The fourth-order valence-corrected chi connectivity index (χ4v) is 4.20. The van der Waals surface area contributed by atoms with Gasteiger partial charge in [0.15, 0.2) is 0 Å². The van der Waals surface area contributed by atoms with Gasteiger partial charge in [-0.2, -0.15) is 0 Å². The molecule has 1 aromatic rings. The zero-order chi connectivity index (χ0) is 15.5. The van der Waals surface area contributed by atoms with E-state index in [1.165, 1.54) is 0 Å². The van der Waals surface area contributed by atoms with E-state index in [-0.39, 0.29) is 29.2 Å². The Morgan fingerprint density at radius 1 is 1.45 bits per heavy atom. The molecule has 5 nitrogen and oxygen atoms in total. The molecule has 2 fully saturated rings. The number of carboxylic acids is 1. The normalized spacial score (nSPS) is 35.2. The summed E-state index contributed by atoms with van der Waals surface area (Å²) in [5, 5.41) is 19.2. The van der Waals surface area contributed by atoms with Crippen LogP contribution < -0.4 is 4.90 Å².